The van der Waals surface area contributed by atoms with Gasteiger partial charge in [-0.15, -0.1) is 0 Å². The predicted molar refractivity (Wildman–Crippen MR) is 224 cm³/mol. The standard InChI is InChI=1S/2C21H24F3N3O4S/c2*1-13-8-16(11-20(28)29)10-18(9-13)32(30,31)27-7-6-26(14(2)15(27)3)19-5-4-17(12-25-19)21(22,23)24/h2*4-5,8-10,12,14-15H,6-7,11H2,1-3H3,(H,28,29)/t2*14-,15+/m10/s1. The molecule has 0 amide bonds. The molecule has 0 spiro atoms. The molecule has 348 valence electrons. The number of carbonyl (C=O) groups is 2. The summed E-state index contributed by atoms with van der Waals surface area (Å²) in [5.74, 6) is -1.43. The summed E-state index contributed by atoms with van der Waals surface area (Å²) in [5, 5.41) is 18.1. The molecule has 4 heterocycles. The van der Waals surface area contributed by atoms with Crippen molar-refractivity contribution in [2.45, 2.75) is 101 Å². The Morgan fingerprint density at radius 2 is 0.922 bits per heavy atom. The zero-order valence-electron chi connectivity index (χ0n) is 35.6. The number of halogens is 6. The molecular weight excluding hydrogens is 895 g/mol. The van der Waals surface area contributed by atoms with E-state index in [-0.39, 0.29) is 60.9 Å². The summed E-state index contributed by atoms with van der Waals surface area (Å²) in [4.78, 5) is 33.6. The van der Waals surface area contributed by atoms with Gasteiger partial charge in [0.2, 0.25) is 20.0 Å². The fraction of sp³-hybridized carbons (Fsp3) is 0.429. The molecule has 22 heteroatoms. The Morgan fingerprint density at radius 3 is 1.20 bits per heavy atom. The average molecular weight is 943 g/mol. The normalized spacial score (nSPS) is 20.4. The Kier molecular flexibility index (Phi) is 14.8. The van der Waals surface area contributed by atoms with Crippen molar-refractivity contribution in [3.05, 3.63) is 106 Å². The molecule has 0 unspecified atom stereocenters. The Labute approximate surface area is 367 Å². The molecule has 14 nitrogen and oxygen atoms in total. The van der Waals surface area contributed by atoms with E-state index in [4.69, 9.17) is 10.2 Å². The van der Waals surface area contributed by atoms with Crippen LogP contribution >= 0.6 is 0 Å². The van der Waals surface area contributed by atoms with Gasteiger partial charge < -0.3 is 20.0 Å². The molecule has 0 aliphatic carbocycles. The molecule has 2 fully saturated rings. The smallest absolute Gasteiger partial charge is 0.417 e. The highest BCUT2D eigenvalue weighted by Crippen LogP contribution is 2.34. The number of aliphatic carboxylic acids is 2. The first-order valence-electron chi connectivity index (χ1n) is 19.9. The van der Waals surface area contributed by atoms with Gasteiger partial charge in [0.05, 0.1) is 33.8 Å². The zero-order chi connectivity index (χ0) is 47.7. The minimum Gasteiger partial charge on any atom is -0.481 e. The van der Waals surface area contributed by atoms with Crippen LogP contribution in [-0.4, -0.2) is 108 Å². The lowest BCUT2D eigenvalue weighted by atomic mass is 10.1. The van der Waals surface area contributed by atoms with Crippen LogP contribution in [0.4, 0.5) is 38.0 Å². The van der Waals surface area contributed by atoms with Gasteiger partial charge in [-0.25, -0.2) is 26.8 Å². The summed E-state index contributed by atoms with van der Waals surface area (Å²) in [5.41, 5.74) is 0.361. The monoisotopic (exact) mass is 942 g/mol. The number of aryl methyl sites for hydroxylation is 2. The quantitative estimate of drug-likeness (QED) is 0.162. The minimum absolute atomic E-state index is 0.0221. The number of rotatable bonds is 10. The van der Waals surface area contributed by atoms with E-state index in [1.807, 2.05) is 0 Å². The van der Waals surface area contributed by atoms with E-state index >= 15 is 0 Å². The van der Waals surface area contributed by atoms with E-state index < -0.39 is 67.5 Å². The third-order valence-electron chi connectivity index (χ3n) is 11.3. The van der Waals surface area contributed by atoms with Gasteiger partial charge >= 0.3 is 24.3 Å². The molecule has 2 saturated heterocycles. The topological polar surface area (TPSA) is 182 Å². The molecule has 64 heavy (non-hydrogen) atoms. The lowest BCUT2D eigenvalue weighted by Crippen LogP contribution is -2.59. The molecule has 0 radical (unpaired) electrons. The molecule has 4 aromatic rings. The van der Waals surface area contributed by atoms with Crippen LogP contribution in [0.3, 0.4) is 0 Å². The van der Waals surface area contributed by atoms with Gasteiger partial charge in [-0.2, -0.15) is 35.0 Å². The van der Waals surface area contributed by atoms with E-state index in [1.165, 1.54) is 45.0 Å². The number of alkyl halides is 6. The van der Waals surface area contributed by atoms with Crippen molar-refractivity contribution < 1.29 is 63.0 Å². The highest BCUT2D eigenvalue weighted by atomic mass is 32.2. The third kappa shape index (κ3) is 11.3. The van der Waals surface area contributed by atoms with Crippen LogP contribution in [-0.2, 0) is 54.8 Å². The van der Waals surface area contributed by atoms with Crippen molar-refractivity contribution in [2.24, 2.45) is 0 Å². The Balaban J connectivity index is 0.000000241. The highest BCUT2D eigenvalue weighted by molar-refractivity contribution is 7.89. The lowest BCUT2D eigenvalue weighted by Gasteiger charge is -2.44. The average Bonchev–Trinajstić information content (AvgIpc) is 3.18. The molecule has 2 aliphatic heterocycles. The molecule has 0 bridgehead atoms. The SMILES string of the molecule is Cc1cc(CC(=O)O)cc(S(=O)(=O)N2CCN(c3ccc(C(F)(F)F)cn3)[C@@H](C)[C@H]2C)c1.Cc1cc(CC(=O)O)cc(S(=O)(=O)N2CCN(c3ccc(C(F)(F)F)cn3)[C@H](C)[C@@H]2C)c1. The number of benzene rings is 2. The van der Waals surface area contributed by atoms with E-state index in [2.05, 4.69) is 9.97 Å². The largest absolute Gasteiger partial charge is 0.481 e. The van der Waals surface area contributed by atoms with Crippen LogP contribution in [0.15, 0.2) is 82.8 Å². The minimum atomic E-state index is -4.48. The molecule has 2 aromatic heterocycles. The molecule has 2 N–H and O–H groups in total. The van der Waals surface area contributed by atoms with Gasteiger partial charge in [0.1, 0.15) is 11.6 Å². The van der Waals surface area contributed by atoms with E-state index in [0.29, 0.717) is 33.9 Å². The van der Waals surface area contributed by atoms with Gasteiger partial charge in [0.15, 0.2) is 0 Å². The lowest BCUT2D eigenvalue weighted by molar-refractivity contribution is -0.138. The number of pyridine rings is 2. The number of piperazine rings is 2. The van der Waals surface area contributed by atoms with Crippen LogP contribution in [0.25, 0.3) is 0 Å². The summed E-state index contributed by atoms with van der Waals surface area (Å²) in [6.07, 6.45) is -8.00. The maximum Gasteiger partial charge on any atom is 0.417 e. The fourth-order valence-corrected chi connectivity index (χ4v) is 11.5. The Bertz CT molecular complexity index is 2390. The van der Waals surface area contributed by atoms with Gasteiger partial charge in [0, 0.05) is 62.7 Å². The molecule has 4 atom stereocenters. The number of hydrogen-bond acceptors (Lipinski definition) is 10. The van der Waals surface area contributed by atoms with Gasteiger partial charge in [0.25, 0.3) is 0 Å². The maximum atomic E-state index is 13.4. The number of carboxylic acids is 2. The van der Waals surface area contributed by atoms with Crippen molar-refractivity contribution in [3.63, 3.8) is 0 Å². The van der Waals surface area contributed by atoms with Crippen LogP contribution in [0.5, 0.6) is 0 Å². The third-order valence-corrected chi connectivity index (χ3v) is 15.2. The summed E-state index contributed by atoms with van der Waals surface area (Å²) in [7, 11) is -7.82. The van der Waals surface area contributed by atoms with E-state index in [0.717, 1.165) is 24.5 Å². The van der Waals surface area contributed by atoms with Crippen LogP contribution in [0, 0.1) is 13.8 Å². The second kappa shape index (κ2) is 19.0. The summed E-state index contributed by atoms with van der Waals surface area (Å²) < 4.78 is 133. The van der Waals surface area contributed by atoms with Crippen molar-refractivity contribution in [1.82, 2.24) is 18.6 Å². The first-order chi connectivity index (χ1) is 29.6. The highest BCUT2D eigenvalue weighted by Gasteiger charge is 2.41. The van der Waals surface area contributed by atoms with Crippen LogP contribution in [0.2, 0.25) is 0 Å². The van der Waals surface area contributed by atoms with Crippen molar-refractivity contribution >= 4 is 43.6 Å². The summed E-state index contributed by atoms with van der Waals surface area (Å²) in [6.45, 7) is 11.1. The van der Waals surface area contributed by atoms with Gasteiger partial charge in [-0.05, 0) is 112 Å². The van der Waals surface area contributed by atoms with Crippen LogP contribution in [0.1, 0.15) is 61.1 Å². The zero-order valence-corrected chi connectivity index (χ0v) is 37.2. The molecule has 2 aliphatic rings. The second-order valence-electron chi connectivity index (χ2n) is 15.8. The number of carboxylic acid groups (broad SMARTS) is 2. The van der Waals surface area contributed by atoms with E-state index in [1.54, 1.807) is 63.5 Å². The maximum absolute atomic E-state index is 13.4. The summed E-state index contributed by atoms with van der Waals surface area (Å²) >= 11 is 0. The fourth-order valence-electron chi connectivity index (χ4n) is 7.77. The first kappa shape index (κ1) is 49.7. The second-order valence-corrected chi connectivity index (χ2v) is 19.6. The van der Waals surface area contributed by atoms with Gasteiger partial charge in [-0.3, -0.25) is 9.59 Å². The van der Waals surface area contributed by atoms with Crippen LogP contribution < -0.4 is 9.80 Å². The predicted octanol–water partition coefficient (Wildman–Crippen LogP) is 6.65. The molecule has 6 rings (SSSR count). The van der Waals surface area contributed by atoms with Gasteiger partial charge in [-0.1, -0.05) is 12.1 Å². The molecule has 2 aromatic carbocycles. The Morgan fingerprint density at radius 1 is 0.578 bits per heavy atom. The Hall–Kier alpha value is -5.32. The van der Waals surface area contributed by atoms with E-state index in [9.17, 15) is 52.8 Å². The molecular formula is C42H48F6N6O8S2. The van der Waals surface area contributed by atoms with Crippen molar-refractivity contribution in [1.29, 1.82) is 0 Å². The number of hydrogen-bond donors (Lipinski definition) is 2. The van der Waals surface area contributed by atoms with Crippen molar-refractivity contribution in [2.75, 3.05) is 36.0 Å². The first-order valence-corrected chi connectivity index (χ1v) is 22.8. The van der Waals surface area contributed by atoms with Crippen molar-refractivity contribution in [3.8, 4) is 0 Å². The molecule has 0 saturated carbocycles. The summed E-state index contributed by atoms with van der Waals surface area (Å²) in [6, 6.07) is 11.8. The number of nitrogens with zero attached hydrogens (tertiary/aromatic N) is 6. The number of anilines is 2. The number of aromatic nitrogens is 2. The number of sulfonamides is 2.